The molecule has 1 saturated carbocycles. The summed E-state index contributed by atoms with van der Waals surface area (Å²) < 4.78 is 5.21. The van der Waals surface area contributed by atoms with Gasteiger partial charge in [0.15, 0.2) is 0 Å². The number of hydrogen-bond donors (Lipinski definition) is 0. The number of rotatable bonds is 5. The van der Waals surface area contributed by atoms with Crippen molar-refractivity contribution in [3.05, 3.63) is 17.5 Å². The second kappa shape index (κ2) is 4.17. The highest BCUT2D eigenvalue weighted by molar-refractivity contribution is 5.55. The highest BCUT2D eigenvalue weighted by atomic mass is 16.5. The lowest BCUT2D eigenvalue weighted by Gasteiger charge is -2.04. The zero-order valence-electron chi connectivity index (χ0n) is 9.27. The van der Waals surface area contributed by atoms with Crippen LogP contribution in [-0.2, 0) is 11.2 Å². The number of carbonyl (C=O) groups excluding carboxylic acids is 1. The van der Waals surface area contributed by atoms with E-state index >= 15 is 0 Å². The van der Waals surface area contributed by atoms with Crippen LogP contribution in [0.1, 0.15) is 44.1 Å². The van der Waals surface area contributed by atoms with Crippen LogP contribution in [0, 0.1) is 11.8 Å². The second-order valence-corrected chi connectivity index (χ2v) is 4.72. The second-order valence-electron chi connectivity index (χ2n) is 4.72. The fourth-order valence-electron chi connectivity index (χ4n) is 1.79. The van der Waals surface area contributed by atoms with Crippen LogP contribution in [0.25, 0.3) is 0 Å². The fraction of sp³-hybridized carbons (Fsp3) is 0.667. The Morgan fingerprint density at radius 1 is 1.60 bits per heavy atom. The normalized spacial score (nSPS) is 18.1. The molecule has 1 fully saturated rings. The Hall–Kier alpha value is -1.12. The first-order valence-electron chi connectivity index (χ1n) is 5.61. The lowest BCUT2D eigenvalue weighted by Crippen LogP contribution is -2.08. The van der Waals surface area contributed by atoms with Crippen molar-refractivity contribution in [2.24, 2.45) is 11.8 Å². The summed E-state index contributed by atoms with van der Waals surface area (Å²) in [5.41, 5.74) is 0.919. The number of nitrogens with zero attached hydrogens (tertiary/aromatic N) is 1. The highest BCUT2D eigenvalue weighted by Crippen LogP contribution is 2.37. The molecule has 0 bridgehead atoms. The van der Waals surface area contributed by atoms with E-state index in [9.17, 15) is 4.79 Å². The molecular weight excluding hydrogens is 190 g/mol. The van der Waals surface area contributed by atoms with Crippen molar-refractivity contribution in [2.45, 2.75) is 39.0 Å². The average molecular weight is 207 g/mol. The van der Waals surface area contributed by atoms with Crippen LogP contribution in [0.4, 0.5) is 0 Å². The summed E-state index contributed by atoms with van der Waals surface area (Å²) in [5, 5.41) is 4.00. The Morgan fingerprint density at radius 2 is 2.33 bits per heavy atom. The van der Waals surface area contributed by atoms with E-state index in [4.69, 9.17) is 4.52 Å². The Kier molecular flexibility index (Phi) is 2.89. The summed E-state index contributed by atoms with van der Waals surface area (Å²) in [4.78, 5) is 10.9. The van der Waals surface area contributed by atoms with Gasteiger partial charge in [0.2, 0.25) is 0 Å². The third kappa shape index (κ3) is 2.46. The van der Waals surface area contributed by atoms with Crippen LogP contribution in [0.3, 0.4) is 0 Å². The molecule has 0 amide bonds. The monoisotopic (exact) mass is 207 g/mol. The van der Waals surface area contributed by atoms with E-state index in [1.807, 2.05) is 6.07 Å². The first-order valence-corrected chi connectivity index (χ1v) is 5.61. The van der Waals surface area contributed by atoms with Crippen molar-refractivity contribution in [3.63, 3.8) is 0 Å². The van der Waals surface area contributed by atoms with Crippen molar-refractivity contribution in [2.75, 3.05) is 0 Å². The van der Waals surface area contributed by atoms with Gasteiger partial charge in [0.1, 0.15) is 12.0 Å². The lowest BCUT2D eigenvalue weighted by atomic mass is 9.99. The Bertz CT molecular complexity index is 339. The van der Waals surface area contributed by atoms with E-state index in [2.05, 4.69) is 19.0 Å². The molecule has 0 saturated heterocycles. The van der Waals surface area contributed by atoms with Crippen LogP contribution in [0.15, 0.2) is 10.6 Å². The van der Waals surface area contributed by atoms with E-state index in [1.165, 1.54) is 12.8 Å². The molecule has 1 aromatic rings. The molecule has 15 heavy (non-hydrogen) atoms. The standard InChI is InChI=1S/C12H17NO2/c1-8(2)12-6-11(13-15-12)5-10(7-14)9-3-4-9/h6-10H,3-5H2,1-2H3. The van der Waals surface area contributed by atoms with E-state index in [-0.39, 0.29) is 5.92 Å². The maximum Gasteiger partial charge on any atom is 0.139 e. The molecule has 1 aliphatic rings. The van der Waals surface area contributed by atoms with Gasteiger partial charge < -0.3 is 9.32 Å². The van der Waals surface area contributed by atoms with E-state index < -0.39 is 0 Å². The van der Waals surface area contributed by atoms with Crippen LogP contribution >= 0.6 is 0 Å². The minimum Gasteiger partial charge on any atom is -0.361 e. The first-order chi connectivity index (χ1) is 7.20. The van der Waals surface area contributed by atoms with Crippen LogP contribution < -0.4 is 0 Å². The molecule has 0 N–H and O–H groups in total. The predicted molar refractivity (Wildman–Crippen MR) is 56.6 cm³/mol. The average Bonchev–Trinajstić information content (AvgIpc) is 2.94. The van der Waals surface area contributed by atoms with Gasteiger partial charge in [0.05, 0.1) is 5.69 Å². The number of aromatic nitrogens is 1. The van der Waals surface area contributed by atoms with Crippen molar-refractivity contribution >= 4 is 6.29 Å². The maximum atomic E-state index is 10.9. The molecule has 3 nitrogen and oxygen atoms in total. The first kappa shape index (κ1) is 10.4. The number of hydrogen-bond acceptors (Lipinski definition) is 3. The van der Waals surface area contributed by atoms with Gasteiger partial charge in [-0.1, -0.05) is 19.0 Å². The van der Waals surface area contributed by atoms with Gasteiger partial charge in [-0.25, -0.2) is 0 Å². The van der Waals surface area contributed by atoms with Gasteiger partial charge in [0.25, 0.3) is 0 Å². The summed E-state index contributed by atoms with van der Waals surface area (Å²) in [6, 6.07) is 1.98. The van der Waals surface area contributed by atoms with Gasteiger partial charge in [0, 0.05) is 24.3 Å². The van der Waals surface area contributed by atoms with Gasteiger partial charge in [-0.05, 0) is 18.8 Å². The molecule has 0 aromatic carbocycles. The zero-order chi connectivity index (χ0) is 10.8. The minimum atomic E-state index is 0.148. The summed E-state index contributed by atoms with van der Waals surface area (Å²) >= 11 is 0. The maximum absolute atomic E-state index is 10.9. The molecule has 82 valence electrons. The molecule has 3 heteroatoms. The van der Waals surface area contributed by atoms with Crippen LogP contribution in [-0.4, -0.2) is 11.4 Å². The smallest absolute Gasteiger partial charge is 0.139 e. The third-order valence-electron chi connectivity index (χ3n) is 2.99. The summed E-state index contributed by atoms with van der Waals surface area (Å²) in [7, 11) is 0. The molecule has 1 heterocycles. The quantitative estimate of drug-likeness (QED) is 0.697. The minimum absolute atomic E-state index is 0.148. The molecular formula is C12H17NO2. The van der Waals surface area contributed by atoms with Gasteiger partial charge in [-0.15, -0.1) is 0 Å². The Morgan fingerprint density at radius 3 is 2.80 bits per heavy atom. The fourth-order valence-corrected chi connectivity index (χ4v) is 1.79. The third-order valence-corrected chi connectivity index (χ3v) is 2.99. The van der Waals surface area contributed by atoms with Gasteiger partial charge >= 0.3 is 0 Å². The van der Waals surface area contributed by atoms with E-state index in [0.29, 0.717) is 11.8 Å². The topological polar surface area (TPSA) is 43.1 Å². The van der Waals surface area contributed by atoms with Gasteiger partial charge in [-0.3, -0.25) is 0 Å². The zero-order valence-corrected chi connectivity index (χ0v) is 9.27. The molecule has 0 aliphatic heterocycles. The largest absolute Gasteiger partial charge is 0.361 e. The van der Waals surface area contributed by atoms with Crippen molar-refractivity contribution in [1.82, 2.24) is 5.16 Å². The SMILES string of the molecule is CC(C)c1cc(CC(C=O)C2CC2)no1. The molecule has 2 rings (SSSR count). The molecule has 0 radical (unpaired) electrons. The summed E-state index contributed by atoms with van der Waals surface area (Å²) in [6.07, 6.45) is 4.20. The highest BCUT2D eigenvalue weighted by Gasteiger charge is 2.31. The van der Waals surface area contributed by atoms with E-state index in [0.717, 1.165) is 24.2 Å². The van der Waals surface area contributed by atoms with Crippen LogP contribution in [0.5, 0.6) is 0 Å². The lowest BCUT2D eigenvalue weighted by molar-refractivity contribution is -0.111. The number of carbonyl (C=O) groups is 1. The van der Waals surface area contributed by atoms with E-state index in [1.54, 1.807) is 0 Å². The molecule has 1 aromatic heterocycles. The number of aldehydes is 1. The van der Waals surface area contributed by atoms with Crippen LogP contribution in [0.2, 0.25) is 0 Å². The van der Waals surface area contributed by atoms with Crippen molar-refractivity contribution in [3.8, 4) is 0 Å². The van der Waals surface area contributed by atoms with Gasteiger partial charge in [-0.2, -0.15) is 0 Å². The molecule has 1 atom stereocenters. The van der Waals surface area contributed by atoms with Crippen molar-refractivity contribution < 1.29 is 9.32 Å². The Labute approximate surface area is 89.8 Å². The summed E-state index contributed by atoms with van der Waals surface area (Å²) in [6.45, 7) is 4.14. The molecule has 1 unspecified atom stereocenters. The molecule has 1 aliphatic carbocycles. The molecule has 0 spiro atoms. The Balaban J connectivity index is 1.99. The summed E-state index contributed by atoms with van der Waals surface area (Å²) in [5.74, 6) is 2.02. The van der Waals surface area contributed by atoms with Crippen molar-refractivity contribution in [1.29, 1.82) is 0 Å². The predicted octanol–water partition coefficient (Wildman–Crippen LogP) is 2.57.